The van der Waals surface area contributed by atoms with Gasteiger partial charge in [-0.05, 0) is 45.2 Å². The van der Waals surface area contributed by atoms with Crippen LogP contribution in [0.1, 0.15) is 32.0 Å². The second-order valence-corrected chi connectivity index (χ2v) is 8.08. The Morgan fingerprint density at radius 1 is 1.30 bits per heavy atom. The van der Waals surface area contributed by atoms with Crippen LogP contribution in [0.25, 0.3) is 11.2 Å². The van der Waals surface area contributed by atoms with Crippen LogP contribution in [-0.4, -0.2) is 62.5 Å². The fraction of sp³-hybridized carbons (Fsp3) is 0.684. The molecule has 144 valence electrons. The van der Waals surface area contributed by atoms with Crippen molar-refractivity contribution in [2.75, 3.05) is 31.5 Å². The van der Waals surface area contributed by atoms with Gasteiger partial charge in [-0.1, -0.05) is 0 Å². The van der Waals surface area contributed by atoms with Crippen molar-refractivity contribution in [3.05, 3.63) is 12.2 Å². The third-order valence-corrected chi connectivity index (χ3v) is 6.03. The van der Waals surface area contributed by atoms with Crippen molar-refractivity contribution in [3.63, 3.8) is 0 Å². The Labute approximate surface area is 158 Å². The molecule has 0 bridgehead atoms. The van der Waals surface area contributed by atoms with Crippen LogP contribution in [0.4, 0.5) is 5.82 Å². The second kappa shape index (κ2) is 6.74. The van der Waals surface area contributed by atoms with Crippen LogP contribution in [0.5, 0.6) is 0 Å². The molecule has 0 spiro atoms. The molecule has 0 radical (unpaired) electrons. The zero-order valence-electron chi connectivity index (χ0n) is 15.8. The zero-order chi connectivity index (χ0) is 18.4. The molecule has 2 aromatic heterocycles. The topological polar surface area (TPSA) is 88.0 Å². The molecular formula is C19H27N7O. The molecule has 4 heterocycles. The van der Waals surface area contributed by atoms with Crippen molar-refractivity contribution in [3.8, 4) is 0 Å². The van der Waals surface area contributed by atoms with E-state index >= 15 is 0 Å². The van der Waals surface area contributed by atoms with Crippen LogP contribution in [0, 0.1) is 11.8 Å². The molecule has 3 aliphatic rings. The van der Waals surface area contributed by atoms with Crippen molar-refractivity contribution in [2.45, 2.75) is 45.2 Å². The van der Waals surface area contributed by atoms with E-state index in [1.54, 1.807) is 6.33 Å². The lowest BCUT2D eigenvalue weighted by Gasteiger charge is -2.26. The van der Waals surface area contributed by atoms with Crippen LogP contribution < -0.4 is 10.6 Å². The Bertz CT molecular complexity index is 855. The largest absolute Gasteiger partial charge is 0.364 e. The maximum absolute atomic E-state index is 12.3. The van der Waals surface area contributed by atoms with Gasteiger partial charge in [0.1, 0.15) is 12.2 Å². The standard InChI is InChI=1S/C19H27N7O/c1-2-26-15(7-12-8-20-9-12)24-16-17(21-11-22-18(16)26)23-14-5-6-25(10-14)19(27)13-3-4-13/h11-14,20H,2-10H2,1H3,(H,21,22,23). The van der Waals surface area contributed by atoms with Gasteiger partial charge < -0.3 is 20.1 Å². The van der Waals surface area contributed by atoms with Crippen molar-refractivity contribution < 1.29 is 4.79 Å². The highest BCUT2D eigenvalue weighted by Gasteiger charge is 2.36. The van der Waals surface area contributed by atoms with E-state index in [1.165, 1.54) is 0 Å². The molecule has 3 fully saturated rings. The number of fused-ring (bicyclic) bond motifs is 1. The van der Waals surface area contributed by atoms with Crippen molar-refractivity contribution >= 4 is 22.9 Å². The van der Waals surface area contributed by atoms with E-state index in [0.717, 1.165) is 81.2 Å². The average molecular weight is 369 g/mol. The molecule has 27 heavy (non-hydrogen) atoms. The second-order valence-electron chi connectivity index (χ2n) is 8.08. The number of carbonyl (C=O) groups is 1. The molecule has 1 saturated carbocycles. The minimum atomic E-state index is 0.233. The van der Waals surface area contributed by atoms with E-state index in [4.69, 9.17) is 4.98 Å². The third-order valence-electron chi connectivity index (χ3n) is 6.03. The number of imidazole rings is 1. The number of rotatable bonds is 6. The van der Waals surface area contributed by atoms with Gasteiger partial charge in [0, 0.05) is 38.0 Å². The summed E-state index contributed by atoms with van der Waals surface area (Å²) in [7, 11) is 0. The predicted molar refractivity (Wildman–Crippen MR) is 102 cm³/mol. The number of amides is 1. The molecule has 2 aliphatic heterocycles. The van der Waals surface area contributed by atoms with Gasteiger partial charge in [0.05, 0.1) is 0 Å². The van der Waals surface area contributed by atoms with Crippen LogP contribution in [0.3, 0.4) is 0 Å². The number of nitrogens with zero attached hydrogens (tertiary/aromatic N) is 5. The number of hydrogen-bond donors (Lipinski definition) is 2. The third kappa shape index (κ3) is 3.16. The van der Waals surface area contributed by atoms with Gasteiger partial charge in [0.2, 0.25) is 5.91 Å². The molecule has 8 heteroatoms. The summed E-state index contributed by atoms with van der Waals surface area (Å²) in [5.74, 6) is 3.18. The van der Waals surface area contributed by atoms with Gasteiger partial charge in [-0.2, -0.15) is 0 Å². The van der Waals surface area contributed by atoms with Gasteiger partial charge >= 0.3 is 0 Å². The monoisotopic (exact) mass is 369 g/mol. The Hall–Kier alpha value is -2.22. The Kier molecular flexibility index (Phi) is 4.22. The smallest absolute Gasteiger partial charge is 0.225 e. The van der Waals surface area contributed by atoms with E-state index in [0.29, 0.717) is 17.7 Å². The molecule has 1 unspecified atom stereocenters. The maximum atomic E-state index is 12.3. The summed E-state index contributed by atoms with van der Waals surface area (Å²) in [6.07, 6.45) is 5.68. The summed E-state index contributed by atoms with van der Waals surface area (Å²) in [5, 5.41) is 6.87. The highest BCUT2D eigenvalue weighted by Crippen LogP contribution is 2.32. The molecule has 8 nitrogen and oxygen atoms in total. The number of aryl methyl sites for hydroxylation is 1. The summed E-state index contributed by atoms with van der Waals surface area (Å²) < 4.78 is 2.21. The molecule has 2 aromatic rings. The normalized spacial score (nSPS) is 23.0. The van der Waals surface area contributed by atoms with Crippen LogP contribution in [0.2, 0.25) is 0 Å². The summed E-state index contributed by atoms with van der Waals surface area (Å²) in [6.45, 7) is 6.72. The Balaban J connectivity index is 1.36. The van der Waals surface area contributed by atoms with Crippen LogP contribution in [0.15, 0.2) is 6.33 Å². The fourth-order valence-corrected chi connectivity index (χ4v) is 4.19. The number of aromatic nitrogens is 4. The van der Waals surface area contributed by atoms with Crippen molar-refractivity contribution in [1.82, 2.24) is 29.7 Å². The summed E-state index contributed by atoms with van der Waals surface area (Å²) in [4.78, 5) is 28.2. The minimum absolute atomic E-state index is 0.233. The molecule has 1 amide bonds. The number of carbonyl (C=O) groups excluding carboxylic acids is 1. The molecule has 0 aromatic carbocycles. The van der Waals surface area contributed by atoms with Crippen LogP contribution >= 0.6 is 0 Å². The molecule has 1 atom stereocenters. The highest BCUT2D eigenvalue weighted by atomic mass is 16.2. The predicted octanol–water partition coefficient (Wildman–Crippen LogP) is 1.03. The lowest BCUT2D eigenvalue weighted by atomic mass is 9.99. The summed E-state index contributed by atoms with van der Waals surface area (Å²) >= 11 is 0. The van der Waals surface area contributed by atoms with Gasteiger partial charge in [0.15, 0.2) is 17.0 Å². The van der Waals surface area contributed by atoms with E-state index in [-0.39, 0.29) is 6.04 Å². The van der Waals surface area contributed by atoms with E-state index < -0.39 is 0 Å². The number of nitrogens with one attached hydrogen (secondary N) is 2. The number of anilines is 1. The van der Waals surface area contributed by atoms with Crippen LogP contribution in [-0.2, 0) is 17.8 Å². The molecule has 5 rings (SSSR count). The quantitative estimate of drug-likeness (QED) is 0.791. The number of likely N-dealkylation sites (tertiary alicyclic amines) is 1. The van der Waals surface area contributed by atoms with Crippen molar-refractivity contribution in [1.29, 1.82) is 0 Å². The minimum Gasteiger partial charge on any atom is -0.364 e. The van der Waals surface area contributed by atoms with Crippen molar-refractivity contribution in [2.24, 2.45) is 11.8 Å². The molecule has 2 N–H and O–H groups in total. The lowest BCUT2D eigenvalue weighted by molar-refractivity contribution is -0.131. The molecular weight excluding hydrogens is 342 g/mol. The Morgan fingerprint density at radius 3 is 2.85 bits per heavy atom. The van der Waals surface area contributed by atoms with Gasteiger partial charge in [-0.3, -0.25) is 4.79 Å². The first-order chi connectivity index (χ1) is 13.2. The van der Waals surface area contributed by atoms with Gasteiger partial charge in [-0.25, -0.2) is 15.0 Å². The van der Waals surface area contributed by atoms with Gasteiger partial charge in [0.25, 0.3) is 0 Å². The zero-order valence-corrected chi connectivity index (χ0v) is 15.8. The summed E-state index contributed by atoms with van der Waals surface area (Å²) in [6, 6.07) is 0.233. The first-order valence-corrected chi connectivity index (χ1v) is 10.2. The van der Waals surface area contributed by atoms with Gasteiger partial charge in [-0.15, -0.1) is 0 Å². The first kappa shape index (κ1) is 16.9. The highest BCUT2D eigenvalue weighted by molar-refractivity contribution is 5.84. The molecule has 1 aliphatic carbocycles. The maximum Gasteiger partial charge on any atom is 0.225 e. The number of hydrogen-bond acceptors (Lipinski definition) is 6. The average Bonchev–Trinajstić information content (AvgIpc) is 3.27. The fourth-order valence-electron chi connectivity index (χ4n) is 4.19. The first-order valence-electron chi connectivity index (χ1n) is 10.2. The van der Waals surface area contributed by atoms with E-state index in [9.17, 15) is 4.79 Å². The Morgan fingerprint density at radius 2 is 2.15 bits per heavy atom. The summed E-state index contributed by atoms with van der Waals surface area (Å²) in [5.41, 5.74) is 1.76. The SMILES string of the molecule is CCn1c(CC2CNC2)nc2c(NC3CCN(C(=O)C4CC4)C3)ncnc21. The lowest BCUT2D eigenvalue weighted by Crippen LogP contribution is -2.43. The molecule has 2 saturated heterocycles. The van der Waals surface area contributed by atoms with E-state index in [2.05, 4.69) is 32.1 Å². The van der Waals surface area contributed by atoms with E-state index in [1.807, 2.05) is 4.90 Å².